The number of hydrogen-bond donors (Lipinski definition) is 2. The average molecular weight is 352 g/mol. The van der Waals surface area contributed by atoms with Crippen LogP contribution in [0.2, 0.25) is 0 Å². The number of aromatic nitrogens is 3. The van der Waals surface area contributed by atoms with Crippen LogP contribution in [-0.2, 0) is 7.05 Å². The monoisotopic (exact) mass is 352 g/mol. The van der Waals surface area contributed by atoms with Crippen LogP contribution in [0.1, 0.15) is 43.2 Å². The molecule has 0 radical (unpaired) electrons. The maximum absolute atomic E-state index is 12.9. The highest BCUT2D eigenvalue weighted by Gasteiger charge is 2.19. The third-order valence-corrected chi connectivity index (χ3v) is 4.39. The Morgan fingerprint density at radius 2 is 1.73 bits per heavy atom. The zero-order chi connectivity index (χ0) is 19.2. The van der Waals surface area contributed by atoms with Crippen molar-refractivity contribution in [1.82, 2.24) is 14.8 Å². The van der Waals surface area contributed by atoms with E-state index in [1.54, 1.807) is 30.8 Å². The van der Waals surface area contributed by atoms with Gasteiger partial charge < -0.3 is 10.4 Å². The third-order valence-electron chi connectivity index (χ3n) is 4.39. The van der Waals surface area contributed by atoms with Crippen molar-refractivity contribution in [2.45, 2.75) is 27.7 Å². The van der Waals surface area contributed by atoms with Gasteiger partial charge in [0.05, 0.1) is 22.2 Å². The molecular formula is C19H20N4O3. The summed E-state index contributed by atoms with van der Waals surface area (Å²) in [6.45, 7) is 7.21. The normalized spacial score (nSPS) is 11.0. The molecular weight excluding hydrogens is 332 g/mol. The largest absolute Gasteiger partial charge is 0.478 e. The molecule has 0 bridgehead atoms. The van der Waals surface area contributed by atoms with E-state index in [1.807, 2.05) is 20.8 Å². The maximum Gasteiger partial charge on any atom is 0.336 e. The highest BCUT2D eigenvalue weighted by atomic mass is 16.4. The molecule has 2 N–H and O–H groups in total. The molecule has 3 rings (SSSR count). The second-order valence-corrected chi connectivity index (χ2v) is 6.46. The number of carbonyl (C=O) groups is 2. The molecule has 0 spiro atoms. The molecule has 0 atom stereocenters. The van der Waals surface area contributed by atoms with Crippen LogP contribution in [0.25, 0.3) is 11.0 Å². The Balaban J connectivity index is 2.08. The number of aryl methyl sites for hydroxylation is 5. The van der Waals surface area contributed by atoms with Crippen molar-refractivity contribution in [2.75, 3.05) is 5.32 Å². The molecule has 0 unspecified atom stereocenters. The standard InChI is InChI=1S/C19H20N4O3/c1-9-6-10(2)15(8-13(9)19(25)26)21-18(24)14-7-11(3)20-17-16(14)12(4)22-23(17)5/h6-8H,1-5H3,(H,21,24)(H,25,26). The summed E-state index contributed by atoms with van der Waals surface area (Å²) >= 11 is 0. The third kappa shape index (κ3) is 2.92. The van der Waals surface area contributed by atoms with E-state index >= 15 is 0 Å². The number of amides is 1. The van der Waals surface area contributed by atoms with Gasteiger partial charge >= 0.3 is 5.97 Å². The number of benzene rings is 1. The highest BCUT2D eigenvalue weighted by Crippen LogP contribution is 2.25. The fourth-order valence-corrected chi connectivity index (χ4v) is 3.16. The molecule has 7 heteroatoms. The zero-order valence-electron chi connectivity index (χ0n) is 15.3. The van der Waals surface area contributed by atoms with Crippen LogP contribution in [0.15, 0.2) is 18.2 Å². The fraction of sp³-hybridized carbons (Fsp3) is 0.263. The fourth-order valence-electron chi connectivity index (χ4n) is 3.16. The van der Waals surface area contributed by atoms with Crippen LogP contribution in [0.3, 0.4) is 0 Å². The number of hydrogen-bond acceptors (Lipinski definition) is 4. The summed E-state index contributed by atoms with van der Waals surface area (Å²) in [5.74, 6) is -1.34. The minimum Gasteiger partial charge on any atom is -0.478 e. The number of pyridine rings is 1. The predicted octanol–water partition coefficient (Wildman–Crippen LogP) is 3.15. The van der Waals surface area contributed by atoms with E-state index in [4.69, 9.17) is 0 Å². The van der Waals surface area contributed by atoms with E-state index in [2.05, 4.69) is 15.4 Å². The smallest absolute Gasteiger partial charge is 0.336 e. The van der Waals surface area contributed by atoms with Crippen molar-refractivity contribution in [3.63, 3.8) is 0 Å². The summed E-state index contributed by atoms with van der Waals surface area (Å²) in [7, 11) is 1.78. The molecule has 2 heterocycles. The van der Waals surface area contributed by atoms with Crippen molar-refractivity contribution >= 4 is 28.6 Å². The van der Waals surface area contributed by atoms with Gasteiger partial charge in [-0.2, -0.15) is 5.10 Å². The van der Waals surface area contributed by atoms with Gasteiger partial charge in [-0.25, -0.2) is 9.78 Å². The average Bonchev–Trinajstić information content (AvgIpc) is 2.83. The first-order valence-corrected chi connectivity index (χ1v) is 8.16. The highest BCUT2D eigenvalue weighted by molar-refractivity contribution is 6.13. The van der Waals surface area contributed by atoms with Gasteiger partial charge in [0.25, 0.3) is 5.91 Å². The topological polar surface area (TPSA) is 97.1 Å². The second-order valence-electron chi connectivity index (χ2n) is 6.46. The molecule has 0 saturated carbocycles. The number of carboxylic acid groups (broad SMARTS) is 1. The molecule has 0 saturated heterocycles. The van der Waals surface area contributed by atoms with Gasteiger partial charge in [-0.3, -0.25) is 9.48 Å². The van der Waals surface area contributed by atoms with Crippen LogP contribution in [-0.4, -0.2) is 31.7 Å². The number of nitrogens with zero attached hydrogens (tertiary/aromatic N) is 3. The Morgan fingerprint density at radius 3 is 2.38 bits per heavy atom. The van der Waals surface area contributed by atoms with Gasteiger partial charge in [-0.05, 0) is 51.0 Å². The molecule has 1 aromatic carbocycles. The summed E-state index contributed by atoms with van der Waals surface area (Å²) < 4.78 is 1.65. The number of anilines is 1. The summed E-state index contributed by atoms with van der Waals surface area (Å²) in [6.07, 6.45) is 0. The summed E-state index contributed by atoms with van der Waals surface area (Å²) in [5.41, 5.74) is 4.62. The van der Waals surface area contributed by atoms with Crippen LogP contribution in [0, 0.1) is 27.7 Å². The first kappa shape index (κ1) is 17.6. The molecule has 3 aromatic rings. The number of carbonyl (C=O) groups excluding carboxylic acids is 1. The van der Waals surface area contributed by atoms with Gasteiger partial charge in [0.1, 0.15) is 0 Å². The van der Waals surface area contributed by atoms with Crippen molar-refractivity contribution in [3.05, 3.63) is 51.8 Å². The van der Waals surface area contributed by atoms with Crippen molar-refractivity contribution in [2.24, 2.45) is 7.05 Å². The molecule has 2 aromatic heterocycles. The second kappa shape index (κ2) is 6.25. The van der Waals surface area contributed by atoms with Gasteiger partial charge in [-0.1, -0.05) is 6.07 Å². The molecule has 0 aliphatic heterocycles. The van der Waals surface area contributed by atoms with Crippen molar-refractivity contribution < 1.29 is 14.7 Å². The Bertz CT molecular complexity index is 1070. The van der Waals surface area contributed by atoms with Gasteiger partial charge in [0.15, 0.2) is 5.65 Å². The van der Waals surface area contributed by atoms with E-state index in [1.165, 1.54) is 6.07 Å². The van der Waals surface area contributed by atoms with Crippen molar-refractivity contribution in [3.8, 4) is 0 Å². The number of fused-ring (bicyclic) bond motifs is 1. The number of carboxylic acids is 1. The maximum atomic E-state index is 12.9. The molecule has 134 valence electrons. The van der Waals surface area contributed by atoms with E-state index < -0.39 is 5.97 Å². The predicted molar refractivity (Wildman–Crippen MR) is 98.8 cm³/mol. The molecule has 0 fully saturated rings. The lowest BCUT2D eigenvalue weighted by Gasteiger charge is -2.12. The molecule has 7 nitrogen and oxygen atoms in total. The zero-order valence-corrected chi connectivity index (χ0v) is 15.3. The minimum atomic E-state index is -1.02. The number of aromatic carboxylic acids is 1. The lowest BCUT2D eigenvalue weighted by molar-refractivity contribution is 0.0695. The summed E-state index contributed by atoms with van der Waals surface area (Å²) in [4.78, 5) is 28.8. The molecule has 0 aliphatic rings. The Labute approximate surface area is 150 Å². The first-order chi connectivity index (χ1) is 12.2. The lowest BCUT2D eigenvalue weighted by Crippen LogP contribution is -2.15. The van der Waals surface area contributed by atoms with Crippen LogP contribution in [0.4, 0.5) is 5.69 Å². The van der Waals surface area contributed by atoms with Crippen LogP contribution >= 0.6 is 0 Å². The summed E-state index contributed by atoms with van der Waals surface area (Å²) in [6, 6.07) is 4.96. The minimum absolute atomic E-state index is 0.166. The molecule has 26 heavy (non-hydrogen) atoms. The van der Waals surface area contributed by atoms with E-state index in [-0.39, 0.29) is 11.5 Å². The van der Waals surface area contributed by atoms with Gasteiger partial charge in [0, 0.05) is 18.4 Å². The number of rotatable bonds is 3. The first-order valence-electron chi connectivity index (χ1n) is 8.16. The Morgan fingerprint density at radius 1 is 1.04 bits per heavy atom. The SMILES string of the molecule is Cc1cc(C(=O)Nc2cc(C(=O)O)c(C)cc2C)c2c(C)nn(C)c2n1. The molecule has 1 amide bonds. The number of nitrogens with one attached hydrogen (secondary N) is 1. The van der Waals surface area contributed by atoms with Crippen LogP contribution < -0.4 is 5.32 Å². The molecule has 0 aliphatic carbocycles. The van der Waals surface area contributed by atoms with E-state index in [0.29, 0.717) is 39.2 Å². The quantitative estimate of drug-likeness (QED) is 0.755. The summed E-state index contributed by atoms with van der Waals surface area (Å²) in [5, 5.41) is 17.2. The van der Waals surface area contributed by atoms with Crippen molar-refractivity contribution in [1.29, 1.82) is 0 Å². The Kier molecular flexibility index (Phi) is 4.23. The van der Waals surface area contributed by atoms with Gasteiger partial charge in [0.2, 0.25) is 0 Å². The van der Waals surface area contributed by atoms with Gasteiger partial charge in [-0.15, -0.1) is 0 Å². The van der Waals surface area contributed by atoms with E-state index in [0.717, 1.165) is 5.56 Å². The van der Waals surface area contributed by atoms with E-state index in [9.17, 15) is 14.7 Å². The Hall–Kier alpha value is -3.22. The van der Waals surface area contributed by atoms with Crippen LogP contribution in [0.5, 0.6) is 0 Å². The lowest BCUT2D eigenvalue weighted by atomic mass is 10.0.